The van der Waals surface area contributed by atoms with Crippen molar-refractivity contribution >= 4 is 11.8 Å². The Kier molecular flexibility index (Phi) is 4.16. The van der Waals surface area contributed by atoms with E-state index in [-0.39, 0.29) is 29.8 Å². The number of nitrogens with zero attached hydrogens (tertiary/aromatic N) is 1. The number of hydrogen-bond acceptors (Lipinski definition) is 2. The number of hydrogen-bond donors (Lipinski definition) is 1. The summed E-state index contributed by atoms with van der Waals surface area (Å²) >= 11 is 0. The number of carbonyl (C=O) groups is 2. The molecule has 1 saturated carbocycles. The topological polar surface area (TPSA) is 49.4 Å². The molecule has 0 radical (unpaired) electrons. The van der Waals surface area contributed by atoms with E-state index in [9.17, 15) is 9.59 Å². The van der Waals surface area contributed by atoms with Crippen molar-refractivity contribution in [3.8, 4) is 0 Å². The third-order valence-electron chi connectivity index (χ3n) is 4.39. The van der Waals surface area contributed by atoms with Gasteiger partial charge in [-0.05, 0) is 30.6 Å². The summed E-state index contributed by atoms with van der Waals surface area (Å²) < 4.78 is 0. The fraction of sp³-hybridized carbons (Fsp3) is 0.867. The van der Waals surface area contributed by atoms with Crippen LogP contribution in [-0.2, 0) is 9.59 Å². The molecule has 19 heavy (non-hydrogen) atoms. The van der Waals surface area contributed by atoms with E-state index in [0.717, 1.165) is 19.3 Å². The average Bonchev–Trinajstić information content (AvgIpc) is 3.17. The van der Waals surface area contributed by atoms with Crippen LogP contribution in [0.15, 0.2) is 0 Å². The van der Waals surface area contributed by atoms with Crippen LogP contribution in [0.25, 0.3) is 0 Å². The molecule has 4 nitrogen and oxygen atoms in total. The summed E-state index contributed by atoms with van der Waals surface area (Å²) in [6, 6.07) is -0.553. The lowest BCUT2D eigenvalue weighted by molar-refractivity contribution is -0.152. The monoisotopic (exact) mass is 266 g/mol. The standard InChI is InChI=1S/C15H26N2O2/c1-5-10(4)8-17-13(11-6-7-11)14(18)16-12(9(2)3)15(17)19/h9-13H,5-8H2,1-4H3,(H,16,18). The maximum atomic E-state index is 12.6. The molecule has 0 aromatic heterocycles. The normalized spacial score (nSPS) is 29.6. The van der Waals surface area contributed by atoms with Crippen LogP contribution in [0.1, 0.15) is 47.0 Å². The molecule has 0 bridgehead atoms. The molecule has 4 heteroatoms. The molecule has 0 spiro atoms. The van der Waals surface area contributed by atoms with E-state index in [1.165, 1.54) is 0 Å². The Balaban J connectivity index is 2.19. The molecule has 0 aromatic rings. The largest absolute Gasteiger partial charge is 0.342 e. The van der Waals surface area contributed by atoms with Crippen LogP contribution >= 0.6 is 0 Å². The molecular weight excluding hydrogens is 240 g/mol. The van der Waals surface area contributed by atoms with Gasteiger partial charge in [-0.25, -0.2) is 0 Å². The molecule has 1 heterocycles. The third-order valence-corrected chi connectivity index (χ3v) is 4.39. The first-order valence-corrected chi connectivity index (χ1v) is 7.56. The molecule has 3 atom stereocenters. The Bertz CT molecular complexity index is 363. The van der Waals surface area contributed by atoms with Gasteiger partial charge in [0.15, 0.2) is 0 Å². The van der Waals surface area contributed by atoms with Crippen LogP contribution in [0.5, 0.6) is 0 Å². The van der Waals surface area contributed by atoms with Crippen molar-refractivity contribution in [3.63, 3.8) is 0 Å². The molecule has 1 N–H and O–H groups in total. The van der Waals surface area contributed by atoms with Gasteiger partial charge in [0.2, 0.25) is 11.8 Å². The summed E-state index contributed by atoms with van der Waals surface area (Å²) in [5.41, 5.74) is 0. The summed E-state index contributed by atoms with van der Waals surface area (Å²) in [7, 11) is 0. The highest BCUT2D eigenvalue weighted by atomic mass is 16.2. The first-order chi connectivity index (χ1) is 8.95. The van der Waals surface area contributed by atoms with Crippen molar-refractivity contribution in [1.82, 2.24) is 10.2 Å². The number of amides is 2. The van der Waals surface area contributed by atoms with Gasteiger partial charge in [-0.3, -0.25) is 9.59 Å². The maximum Gasteiger partial charge on any atom is 0.246 e. The quantitative estimate of drug-likeness (QED) is 0.825. The van der Waals surface area contributed by atoms with Gasteiger partial charge in [-0.15, -0.1) is 0 Å². The van der Waals surface area contributed by atoms with Crippen molar-refractivity contribution in [2.75, 3.05) is 6.54 Å². The van der Waals surface area contributed by atoms with Crippen molar-refractivity contribution in [1.29, 1.82) is 0 Å². The number of piperazine rings is 1. The average molecular weight is 266 g/mol. The van der Waals surface area contributed by atoms with Crippen molar-refractivity contribution < 1.29 is 9.59 Å². The van der Waals surface area contributed by atoms with E-state index in [0.29, 0.717) is 18.4 Å². The van der Waals surface area contributed by atoms with Gasteiger partial charge in [0.25, 0.3) is 0 Å². The fourth-order valence-electron chi connectivity index (χ4n) is 2.76. The predicted molar refractivity (Wildman–Crippen MR) is 74.4 cm³/mol. The number of carbonyl (C=O) groups excluding carboxylic acids is 2. The summed E-state index contributed by atoms with van der Waals surface area (Å²) in [6.45, 7) is 8.97. The molecule has 108 valence electrons. The van der Waals surface area contributed by atoms with Gasteiger partial charge >= 0.3 is 0 Å². The highest BCUT2D eigenvalue weighted by molar-refractivity contribution is 5.97. The number of nitrogens with one attached hydrogen (secondary N) is 1. The number of rotatable bonds is 5. The van der Waals surface area contributed by atoms with E-state index < -0.39 is 0 Å². The van der Waals surface area contributed by atoms with Crippen LogP contribution in [0, 0.1) is 17.8 Å². The van der Waals surface area contributed by atoms with Crippen LogP contribution in [0.3, 0.4) is 0 Å². The van der Waals surface area contributed by atoms with E-state index in [2.05, 4.69) is 19.2 Å². The van der Waals surface area contributed by atoms with Gasteiger partial charge in [0.05, 0.1) is 0 Å². The van der Waals surface area contributed by atoms with Crippen LogP contribution in [0.2, 0.25) is 0 Å². The minimum atomic E-state index is -0.341. The second kappa shape index (κ2) is 5.51. The zero-order valence-corrected chi connectivity index (χ0v) is 12.5. The summed E-state index contributed by atoms with van der Waals surface area (Å²) in [6.07, 6.45) is 3.19. The Hall–Kier alpha value is -1.06. The highest BCUT2D eigenvalue weighted by Crippen LogP contribution is 2.37. The molecule has 1 aliphatic heterocycles. The van der Waals surface area contributed by atoms with Crippen molar-refractivity contribution in [2.45, 2.75) is 59.0 Å². The minimum Gasteiger partial charge on any atom is -0.342 e. The Morgan fingerprint density at radius 3 is 2.37 bits per heavy atom. The van der Waals surface area contributed by atoms with Crippen molar-refractivity contribution in [3.05, 3.63) is 0 Å². The highest BCUT2D eigenvalue weighted by Gasteiger charge is 2.48. The molecule has 2 amide bonds. The Morgan fingerprint density at radius 2 is 1.89 bits per heavy atom. The molecule has 2 fully saturated rings. The summed E-state index contributed by atoms with van der Waals surface area (Å²) in [5, 5.41) is 2.93. The SMILES string of the molecule is CCC(C)CN1C(=O)C(C(C)C)NC(=O)C1C1CC1. The lowest BCUT2D eigenvalue weighted by atomic mass is 9.94. The lowest BCUT2D eigenvalue weighted by Gasteiger charge is -2.41. The molecular formula is C15H26N2O2. The summed E-state index contributed by atoms with van der Waals surface area (Å²) in [4.78, 5) is 26.8. The zero-order chi connectivity index (χ0) is 14.2. The predicted octanol–water partition coefficient (Wildman–Crippen LogP) is 1.79. The third kappa shape index (κ3) is 2.93. The van der Waals surface area contributed by atoms with Gasteiger partial charge in [0.1, 0.15) is 12.1 Å². The van der Waals surface area contributed by atoms with E-state index in [1.807, 2.05) is 18.7 Å². The van der Waals surface area contributed by atoms with Crippen LogP contribution in [-0.4, -0.2) is 35.3 Å². The van der Waals surface area contributed by atoms with E-state index >= 15 is 0 Å². The molecule has 3 unspecified atom stereocenters. The molecule has 1 saturated heterocycles. The maximum absolute atomic E-state index is 12.6. The van der Waals surface area contributed by atoms with Gasteiger partial charge in [0, 0.05) is 6.54 Å². The van der Waals surface area contributed by atoms with E-state index in [4.69, 9.17) is 0 Å². The Morgan fingerprint density at radius 1 is 1.26 bits per heavy atom. The first kappa shape index (κ1) is 14.4. The van der Waals surface area contributed by atoms with Crippen molar-refractivity contribution in [2.24, 2.45) is 17.8 Å². The second-order valence-corrected chi connectivity index (χ2v) is 6.52. The van der Waals surface area contributed by atoms with Crippen LogP contribution in [0.4, 0.5) is 0 Å². The van der Waals surface area contributed by atoms with Gasteiger partial charge < -0.3 is 10.2 Å². The van der Waals surface area contributed by atoms with Gasteiger partial charge in [-0.2, -0.15) is 0 Å². The van der Waals surface area contributed by atoms with Gasteiger partial charge in [-0.1, -0.05) is 34.1 Å². The molecule has 1 aliphatic carbocycles. The molecule has 0 aromatic carbocycles. The van der Waals surface area contributed by atoms with Crippen LogP contribution < -0.4 is 5.32 Å². The Labute approximate surface area is 115 Å². The molecule has 2 rings (SSSR count). The summed E-state index contributed by atoms with van der Waals surface area (Å²) in [5.74, 6) is 1.16. The zero-order valence-electron chi connectivity index (χ0n) is 12.5. The molecule has 2 aliphatic rings. The van der Waals surface area contributed by atoms with E-state index in [1.54, 1.807) is 0 Å². The fourth-order valence-corrected chi connectivity index (χ4v) is 2.76. The first-order valence-electron chi connectivity index (χ1n) is 7.56. The lowest BCUT2D eigenvalue weighted by Crippen LogP contribution is -2.65. The smallest absolute Gasteiger partial charge is 0.246 e. The second-order valence-electron chi connectivity index (χ2n) is 6.52. The minimum absolute atomic E-state index is 0.0594.